The molecule has 0 aliphatic carbocycles. The number of urea groups is 1. The topological polar surface area (TPSA) is 70.2 Å². The molecule has 0 heterocycles. The van der Waals surface area contributed by atoms with Gasteiger partial charge in [-0.25, -0.2) is 9.18 Å². The largest absolute Gasteiger partial charge is 0.341 e. The summed E-state index contributed by atoms with van der Waals surface area (Å²) in [5.74, 6) is -0.720. The van der Waals surface area contributed by atoms with Crippen LogP contribution in [0.3, 0.4) is 0 Å². The lowest BCUT2D eigenvalue weighted by molar-refractivity contribution is -0.121. The van der Waals surface area contributed by atoms with Gasteiger partial charge in [0, 0.05) is 13.1 Å². The molecule has 5 nitrogen and oxygen atoms in total. The molecule has 0 saturated heterocycles. The monoisotopic (exact) mass is 281 g/mol. The van der Waals surface area contributed by atoms with Gasteiger partial charge in [-0.2, -0.15) is 0 Å². The summed E-state index contributed by atoms with van der Waals surface area (Å²) < 4.78 is 13.5. The van der Waals surface area contributed by atoms with E-state index in [0.717, 1.165) is 5.56 Å². The fraction of sp³-hybridized carbons (Fsp3) is 0.429. The molecular weight excluding hydrogens is 261 g/mol. The van der Waals surface area contributed by atoms with E-state index in [0.29, 0.717) is 5.56 Å². The SMILES string of the molecule is CNC(=O)NC(=O)C(C)NC(C)c1ccc(C)c(F)c1. The van der Waals surface area contributed by atoms with E-state index in [1.807, 2.05) is 6.92 Å². The molecule has 3 N–H and O–H groups in total. The van der Waals surface area contributed by atoms with E-state index in [9.17, 15) is 14.0 Å². The second-order valence-corrected chi connectivity index (χ2v) is 4.69. The minimum absolute atomic E-state index is 0.212. The van der Waals surface area contributed by atoms with Gasteiger partial charge in [0.1, 0.15) is 5.82 Å². The number of imide groups is 1. The summed E-state index contributed by atoms with van der Waals surface area (Å²) in [6.07, 6.45) is 0. The summed E-state index contributed by atoms with van der Waals surface area (Å²) in [6.45, 7) is 5.16. The molecule has 0 aromatic heterocycles. The minimum atomic E-state index is -0.577. The van der Waals surface area contributed by atoms with Crippen molar-refractivity contribution in [2.75, 3.05) is 7.05 Å². The van der Waals surface area contributed by atoms with Gasteiger partial charge in [-0.05, 0) is 38.0 Å². The van der Waals surface area contributed by atoms with Crippen LogP contribution in [0.15, 0.2) is 18.2 Å². The summed E-state index contributed by atoms with van der Waals surface area (Å²) in [6, 6.07) is 3.59. The third-order valence-corrected chi connectivity index (χ3v) is 3.05. The summed E-state index contributed by atoms with van der Waals surface area (Å²) in [4.78, 5) is 22.7. The lowest BCUT2D eigenvalue weighted by atomic mass is 10.1. The molecule has 3 amide bonds. The van der Waals surface area contributed by atoms with Crippen molar-refractivity contribution in [1.82, 2.24) is 16.0 Å². The molecule has 0 saturated carbocycles. The molecule has 6 heteroatoms. The van der Waals surface area contributed by atoms with Crippen LogP contribution in [0.1, 0.15) is 31.0 Å². The van der Waals surface area contributed by atoms with Crippen LogP contribution in [0, 0.1) is 12.7 Å². The first-order chi connectivity index (χ1) is 9.35. The van der Waals surface area contributed by atoms with E-state index in [4.69, 9.17) is 0 Å². The Morgan fingerprint density at radius 3 is 2.45 bits per heavy atom. The first kappa shape index (κ1) is 16.1. The van der Waals surface area contributed by atoms with Crippen LogP contribution in [0.4, 0.5) is 9.18 Å². The maximum atomic E-state index is 13.5. The van der Waals surface area contributed by atoms with Gasteiger partial charge >= 0.3 is 6.03 Å². The van der Waals surface area contributed by atoms with Crippen molar-refractivity contribution in [3.8, 4) is 0 Å². The van der Waals surface area contributed by atoms with Gasteiger partial charge < -0.3 is 5.32 Å². The lowest BCUT2D eigenvalue weighted by Gasteiger charge is -2.20. The number of amides is 3. The Hall–Kier alpha value is -1.95. The van der Waals surface area contributed by atoms with Crippen LogP contribution in [0.2, 0.25) is 0 Å². The van der Waals surface area contributed by atoms with E-state index in [1.165, 1.54) is 13.1 Å². The predicted molar refractivity (Wildman–Crippen MR) is 74.7 cm³/mol. The third kappa shape index (κ3) is 4.31. The Labute approximate surface area is 117 Å². The van der Waals surface area contributed by atoms with Crippen molar-refractivity contribution in [3.05, 3.63) is 35.1 Å². The fourth-order valence-electron chi connectivity index (χ4n) is 1.71. The molecule has 1 aromatic carbocycles. The molecule has 0 spiro atoms. The number of carbonyl (C=O) groups excluding carboxylic acids is 2. The minimum Gasteiger partial charge on any atom is -0.341 e. The first-order valence-corrected chi connectivity index (χ1v) is 6.39. The average Bonchev–Trinajstić information content (AvgIpc) is 2.41. The van der Waals surface area contributed by atoms with E-state index in [-0.39, 0.29) is 11.9 Å². The molecule has 20 heavy (non-hydrogen) atoms. The molecule has 1 rings (SSSR count). The van der Waals surface area contributed by atoms with E-state index in [1.54, 1.807) is 26.0 Å². The maximum absolute atomic E-state index is 13.5. The first-order valence-electron chi connectivity index (χ1n) is 6.39. The number of hydrogen-bond acceptors (Lipinski definition) is 3. The van der Waals surface area contributed by atoms with E-state index in [2.05, 4.69) is 16.0 Å². The highest BCUT2D eigenvalue weighted by molar-refractivity contribution is 5.96. The molecule has 0 fully saturated rings. The van der Waals surface area contributed by atoms with Gasteiger partial charge in [-0.3, -0.25) is 15.4 Å². The molecule has 0 aliphatic heterocycles. The summed E-state index contributed by atoms with van der Waals surface area (Å²) in [7, 11) is 1.43. The number of benzene rings is 1. The van der Waals surface area contributed by atoms with Crippen LogP contribution in [0.25, 0.3) is 0 Å². The van der Waals surface area contributed by atoms with Crippen molar-refractivity contribution in [1.29, 1.82) is 0 Å². The van der Waals surface area contributed by atoms with Crippen molar-refractivity contribution in [2.45, 2.75) is 32.9 Å². The second kappa shape index (κ2) is 7.00. The van der Waals surface area contributed by atoms with Gasteiger partial charge in [0.2, 0.25) is 5.91 Å². The summed E-state index contributed by atoms with van der Waals surface area (Å²) in [5, 5.41) is 7.50. The van der Waals surface area contributed by atoms with E-state index >= 15 is 0 Å². The van der Waals surface area contributed by atoms with Gasteiger partial charge in [0.05, 0.1) is 6.04 Å². The predicted octanol–water partition coefficient (Wildman–Crippen LogP) is 1.63. The Balaban J connectivity index is 2.64. The zero-order chi connectivity index (χ0) is 15.3. The van der Waals surface area contributed by atoms with Gasteiger partial charge in [-0.1, -0.05) is 12.1 Å². The lowest BCUT2D eigenvalue weighted by Crippen LogP contribution is -2.47. The zero-order valence-corrected chi connectivity index (χ0v) is 12.1. The van der Waals surface area contributed by atoms with Gasteiger partial charge in [-0.15, -0.1) is 0 Å². The van der Waals surface area contributed by atoms with Crippen LogP contribution in [-0.2, 0) is 4.79 Å². The van der Waals surface area contributed by atoms with Crippen molar-refractivity contribution < 1.29 is 14.0 Å². The number of hydrogen-bond donors (Lipinski definition) is 3. The van der Waals surface area contributed by atoms with Crippen LogP contribution in [-0.4, -0.2) is 25.0 Å². The summed E-state index contributed by atoms with van der Waals surface area (Å²) >= 11 is 0. The van der Waals surface area contributed by atoms with E-state index < -0.39 is 18.0 Å². The Morgan fingerprint density at radius 2 is 1.90 bits per heavy atom. The molecule has 2 unspecified atom stereocenters. The molecule has 0 bridgehead atoms. The van der Waals surface area contributed by atoms with Gasteiger partial charge in [0.15, 0.2) is 0 Å². The molecule has 110 valence electrons. The molecule has 0 aliphatic rings. The van der Waals surface area contributed by atoms with Crippen LogP contribution in [0.5, 0.6) is 0 Å². The fourth-order valence-corrected chi connectivity index (χ4v) is 1.71. The quantitative estimate of drug-likeness (QED) is 0.785. The Morgan fingerprint density at radius 1 is 1.25 bits per heavy atom. The normalized spacial score (nSPS) is 13.4. The van der Waals surface area contributed by atoms with Gasteiger partial charge in [0.25, 0.3) is 0 Å². The van der Waals surface area contributed by atoms with Crippen LogP contribution >= 0.6 is 0 Å². The van der Waals surface area contributed by atoms with Crippen molar-refractivity contribution in [2.24, 2.45) is 0 Å². The number of rotatable bonds is 4. The Kier molecular flexibility index (Phi) is 5.64. The molecular formula is C14H20FN3O2. The highest BCUT2D eigenvalue weighted by Crippen LogP contribution is 2.16. The van der Waals surface area contributed by atoms with Crippen molar-refractivity contribution >= 4 is 11.9 Å². The molecule has 2 atom stereocenters. The van der Waals surface area contributed by atoms with Crippen LogP contribution < -0.4 is 16.0 Å². The summed E-state index contributed by atoms with van der Waals surface area (Å²) in [5.41, 5.74) is 1.32. The average molecular weight is 281 g/mol. The molecule has 1 aromatic rings. The third-order valence-electron chi connectivity index (χ3n) is 3.05. The van der Waals surface area contributed by atoms with Crippen molar-refractivity contribution in [3.63, 3.8) is 0 Å². The number of carbonyl (C=O) groups is 2. The smallest absolute Gasteiger partial charge is 0.321 e. The zero-order valence-electron chi connectivity index (χ0n) is 12.1. The maximum Gasteiger partial charge on any atom is 0.321 e. The number of nitrogens with one attached hydrogen (secondary N) is 3. The highest BCUT2D eigenvalue weighted by Gasteiger charge is 2.18. The molecule has 0 radical (unpaired) electrons. The standard InChI is InChI=1S/C14H20FN3O2/c1-8-5-6-11(7-12(8)15)9(2)17-10(3)13(19)18-14(20)16-4/h5-7,9-10,17H,1-4H3,(H2,16,18,19,20). The Bertz CT molecular complexity index is 505. The number of halogens is 1. The number of aryl methyl sites for hydroxylation is 1. The second-order valence-electron chi connectivity index (χ2n) is 4.69. The highest BCUT2D eigenvalue weighted by atomic mass is 19.1.